The Morgan fingerprint density at radius 1 is 0.574 bits per heavy atom. The van der Waals surface area contributed by atoms with Gasteiger partial charge in [0, 0.05) is 145 Å². The van der Waals surface area contributed by atoms with E-state index in [0.29, 0.717) is 154 Å². The minimum atomic E-state index is -4.09. The number of sulfone groups is 4. The van der Waals surface area contributed by atoms with Crippen molar-refractivity contribution in [3.05, 3.63) is 125 Å². The number of halogens is 3. The second-order valence-electron chi connectivity index (χ2n) is 31.7. The number of carbonyl (C=O) groups is 5. The number of nitrogens with two attached hydrogens (primary N) is 1. The standard InChI is InChI=1S/C22H33N5O6S.C20H29FN2O6S.C18H24N2O5S.C17H26N2O6S.C5H10O2.C4H9N3.CH2O3.3CH4.2ClH.2Cs.H/c1-3-4-11-27-16-18(23-25-27)17-33-19-5-7-20(8-6-19)34(30,31)22(21(28)24-29)9-12-26(13-10-22)14-15-32-2;1-27-15-13-23-11-9-20(10-12-23,19(24)22-29-18-4-2-3-14-28-18)30(25,26)17-7-5-16(21)6-8-17;1-3-13-25-15-4-6-16(7-5-15)26(22,23)18(17(19)21)8-10-20(11-9-18)12-14-24-2;1-3-25-14-4-6-15(7-5-14)26(22,23)17(16(20)18-21)8-10-19(11-9-17)12-13-24-2;6-5-3-1-2-4-7-5;1-2-3-4-6-7-5;2-1-4-3;;;;;;;;/h5-8,16,29H,3-4,9-15,17H2,1-2H3,(H,24,28);5-8,18H,2-4,9-15H2,1H3,(H,22,24);1,4-7H,8-14H2,2H3,(H2,19,21);4-7,21H,3,8-13H2,1-2H3,(H,18,20);5-6H,1-4H2;2-4H2,1H3;1,3H;3*1H4;2*1H;;;/q;;;;;;;;;;;;2*+1;-1/p-1. The monoisotopic (exact) mass is 2350 g/mol. The van der Waals surface area contributed by atoms with Gasteiger partial charge in [-0.1, -0.05) is 65.2 Å². The van der Waals surface area contributed by atoms with Gasteiger partial charge in [0.2, 0.25) is 5.91 Å². The second kappa shape index (κ2) is 74.4. The maximum absolute atomic E-state index is 13.5. The van der Waals surface area contributed by atoms with E-state index in [-0.39, 0.29) is 277 Å². The zero-order valence-electron chi connectivity index (χ0n) is 81.0. The van der Waals surface area contributed by atoms with E-state index in [4.69, 9.17) is 85.5 Å². The molecule has 0 aliphatic carbocycles. The Morgan fingerprint density at radius 3 is 1.24 bits per heavy atom. The number of hydrogen-bond donors (Lipinski definition) is 7. The molecular weight excluding hydrogens is 2210 g/mol. The van der Waals surface area contributed by atoms with E-state index in [1.54, 1.807) is 68.3 Å². The maximum Gasteiger partial charge on any atom is 1.00 e. The van der Waals surface area contributed by atoms with Gasteiger partial charge in [0.1, 0.15) is 42.0 Å². The van der Waals surface area contributed by atoms with Crippen LogP contribution in [-0.2, 0) is 115 Å². The summed E-state index contributed by atoms with van der Waals surface area (Å²) in [6, 6.07) is 22.4. The normalized spacial score (nSPS) is 17.4. The molecule has 6 aliphatic heterocycles. The first-order valence-electron chi connectivity index (χ1n) is 44.2. The van der Waals surface area contributed by atoms with Crippen LogP contribution in [0.1, 0.15) is 166 Å². The Kier molecular flexibility index (Phi) is 74.1. The van der Waals surface area contributed by atoms with E-state index in [2.05, 4.69) is 60.3 Å². The van der Waals surface area contributed by atoms with Crippen molar-refractivity contribution in [3.8, 4) is 29.6 Å². The average Bonchev–Trinajstić information content (AvgIpc) is 0.769. The molecule has 792 valence electrons. The molecule has 4 aromatic carbocycles. The van der Waals surface area contributed by atoms with Crippen molar-refractivity contribution in [2.75, 3.05) is 166 Å². The van der Waals surface area contributed by atoms with E-state index in [1.807, 2.05) is 22.9 Å². The smallest absolute Gasteiger partial charge is 1.00 e. The number of aliphatic hydroxyl groups is 1. The number of carbonyl (C=O) groups excluding carboxylic acids is 5. The van der Waals surface area contributed by atoms with Crippen molar-refractivity contribution in [2.45, 2.75) is 223 Å². The number of nitrogens with zero attached hydrogens (tertiary/aromatic N) is 10. The van der Waals surface area contributed by atoms with E-state index in [9.17, 15) is 62.4 Å². The second-order valence-corrected chi connectivity index (χ2v) is 40.7. The molecule has 0 spiro atoms. The van der Waals surface area contributed by atoms with Gasteiger partial charge in [-0.05, 0) is 206 Å². The number of unbranched alkanes of at least 4 members (excludes halogenated alkanes) is 2. The summed E-state index contributed by atoms with van der Waals surface area (Å²) in [7, 11) is -9.69. The third kappa shape index (κ3) is 42.4. The van der Waals surface area contributed by atoms with Crippen LogP contribution >= 0.6 is 24.8 Å². The fourth-order valence-corrected chi connectivity index (χ4v) is 22.9. The van der Waals surface area contributed by atoms with Gasteiger partial charge in [0.15, 0.2) is 70.9 Å². The van der Waals surface area contributed by atoms with Crippen LogP contribution in [0.5, 0.6) is 17.2 Å². The molecule has 0 bridgehead atoms. The summed E-state index contributed by atoms with van der Waals surface area (Å²) in [5.74, 6) is -0.0428. The molecule has 0 saturated carbocycles. The van der Waals surface area contributed by atoms with Crippen molar-refractivity contribution >= 4 is 94.3 Å². The predicted octanol–water partition coefficient (Wildman–Crippen LogP) is 2.27. The molecule has 0 radical (unpaired) electrons. The summed E-state index contributed by atoms with van der Waals surface area (Å²) >= 11 is 0. The molecule has 7 heterocycles. The van der Waals surface area contributed by atoms with Crippen LogP contribution in [0.3, 0.4) is 0 Å². The molecule has 8 N–H and O–H groups in total. The van der Waals surface area contributed by atoms with E-state index in [0.717, 1.165) is 83.1 Å². The van der Waals surface area contributed by atoms with E-state index >= 15 is 0 Å². The van der Waals surface area contributed by atoms with Crippen LogP contribution in [0.2, 0.25) is 0 Å². The number of rotatable bonds is 40. The third-order valence-electron chi connectivity index (χ3n) is 23.2. The Morgan fingerprint density at radius 2 is 0.929 bits per heavy atom. The maximum atomic E-state index is 13.5. The van der Waals surface area contributed by atoms with Gasteiger partial charge in [-0.15, -0.1) is 36.3 Å². The molecule has 1 aromatic heterocycles. The third-order valence-corrected chi connectivity index (χ3v) is 33.3. The number of nitrogens with one attached hydrogen (secondary N) is 3. The number of ether oxygens (including phenoxy) is 9. The van der Waals surface area contributed by atoms with Gasteiger partial charge in [-0.2, -0.15) is 0 Å². The van der Waals surface area contributed by atoms with Gasteiger partial charge >= 0.3 is 138 Å². The zero-order chi connectivity index (χ0) is 98.7. The summed E-state index contributed by atoms with van der Waals surface area (Å²) in [5, 5.41) is 47.1. The SMILES string of the molecule is C.C.C.C#CCOc1ccc(S(=O)(=O)C2(C(N)=O)CCN(CCOC)CC2)cc1.CCCCN=[N+]=[N-].CCCCn1cc(COc2ccc(S(=O)(=O)C3(C(=O)NO)CCN(CCOC)CC3)cc2)nn1.CCOc1ccc(S(=O)(=O)C2(C(=O)NO)CCN(CCOC)CC2)cc1.COCCN1CCC(C(=O)NOC2CCCCO2)(S(=O)(=O)c2ccc(F)cc2)CC1.Cl.Cl.O=CO[O-].OC1CCCCO1.[Cs+].[Cs+].[H-]. The molecule has 6 aliphatic rings. The fraction of sp³-hybridized carbons (Fsp3) is 0.633. The first-order valence-corrected chi connectivity index (χ1v) is 50.1. The molecular formula is C90H147Cl2Cs2FN14O28S4. The number of primary amides is 1. The van der Waals surface area contributed by atoms with Gasteiger partial charge in [0.05, 0.1) is 58.8 Å². The van der Waals surface area contributed by atoms with Crippen molar-refractivity contribution in [2.24, 2.45) is 10.8 Å². The van der Waals surface area contributed by atoms with Crippen LogP contribution in [0.25, 0.3) is 10.4 Å². The molecule has 2 unspecified atom stereocenters. The number of hydroxylamine groups is 3. The van der Waals surface area contributed by atoms with E-state index in [1.165, 1.54) is 60.7 Å². The van der Waals surface area contributed by atoms with Crippen LogP contribution in [-0.4, -0.2) is 312 Å². The van der Waals surface area contributed by atoms with Gasteiger partial charge < -0.3 is 84.6 Å². The molecule has 4 amide bonds. The molecule has 141 heavy (non-hydrogen) atoms. The number of likely N-dealkylation sites (tertiary alicyclic amines) is 4. The summed E-state index contributed by atoms with van der Waals surface area (Å²) in [4.78, 5) is 77.8. The summed E-state index contributed by atoms with van der Waals surface area (Å²) in [5.41, 5.74) is 19.5. The molecule has 11 rings (SSSR count). The van der Waals surface area contributed by atoms with Gasteiger partial charge in [-0.25, -0.2) is 59.3 Å². The van der Waals surface area contributed by atoms with Crippen molar-refractivity contribution in [1.29, 1.82) is 0 Å². The first-order chi connectivity index (χ1) is 64.2. The number of hydrogen-bond acceptors (Lipinski definition) is 35. The topological polar surface area (TPSA) is 562 Å². The molecule has 6 saturated heterocycles. The van der Waals surface area contributed by atoms with Gasteiger partial charge in [-0.3, -0.25) is 39.1 Å². The van der Waals surface area contributed by atoms with Crippen molar-refractivity contribution in [1.82, 2.24) is 51.0 Å². The summed E-state index contributed by atoms with van der Waals surface area (Å²) < 4.78 is 162. The average molecular weight is 2360 g/mol. The number of terminal acetylenes is 1. The van der Waals surface area contributed by atoms with Crippen LogP contribution in [0, 0.1) is 18.2 Å². The number of aliphatic hydroxyl groups excluding tert-OH is 1. The minimum absolute atomic E-state index is 0. The van der Waals surface area contributed by atoms with Gasteiger partial charge in [0.25, 0.3) is 24.2 Å². The number of aromatic nitrogens is 3. The number of azide groups is 1. The summed E-state index contributed by atoms with van der Waals surface area (Å²) in [6.45, 7) is 17.5. The molecule has 2 atom stereocenters. The number of aryl methyl sites for hydroxylation is 1. The largest absolute Gasteiger partial charge is 1.00 e. The quantitative estimate of drug-likeness (QED) is 0.00282. The number of amides is 4. The van der Waals surface area contributed by atoms with Crippen molar-refractivity contribution in [3.63, 3.8) is 0 Å². The molecule has 5 aromatic rings. The van der Waals surface area contributed by atoms with E-state index < -0.39 is 100 Å². The Hall–Kier alpha value is -4.55. The molecule has 51 heteroatoms. The zero-order valence-corrected chi connectivity index (χ0v) is 97.5. The van der Waals surface area contributed by atoms with Crippen LogP contribution in [0.4, 0.5) is 4.39 Å². The Bertz CT molecular complexity index is 4910. The molecule has 42 nitrogen and oxygen atoms in total. The van der Waals surface area contributed by atoms with Crippen molar-refractivity contribution < 1.29 is 274 Å². The Balaban J connectivity index is -0.000000830. The fourth-order valence-electron chi connectivity index (χ4n) is 15.1. The van der Waals surface area contributed by atoms with Crippen LogP contribution in [0.15, 0.2) is 128 Å². The number of piperidine rings is 4. The predicted molar refractivity (Wildman–Crippen MR) is 520 cm³/mol. The number of benzene rings is 4. The van der Waals surface area contributed by atoms with Crippen LogP contribution < -0.4 is 179 Å². The minimum Gasteiger partial charge on any atom is -1.00 e. The first kappa shape index (κ1) is 141. The number of methoxy groups -OCH3 is 4. The summed E-state index contributed by atoms with van der Waals surface area (Å²) in [6.07, 6.45) is 16.4. The molecule has 6 fully saturated rings. The Labute approximate surface area is 962 Å².